The minimum Gasteiger partial charge on any atom is -0.467 e. The van der Waals surface area contributed by atoms with E-state index in [4.69, 9.17) is 16.3 Å². The van der Waals surface area contributed by atoms with Gasteiger partial charge in [0.1, 0.15) is 6.04 Å². The average Bonchev–Trinajstić information content (AvgIpc) is 2.78. The molecule has 0 radical (unpaired) electrons. The van der Waals surface area contributed by atoms with Crippen molar-refractivity contribution in [2.75, 3.05) is 7.11 Å². The van der Waals surface area contributed by atoms with E-state index in [2.05, 4.69) is 11.4 Å². The minimum atomic E-state index is -0.826. The van der Waals surface area contributed by atoms with Gasteiger partial charge in [0.15, 0.2) is 0 Å². The van der Waals surface area contributed by atoms with Crippen molar-refractivity contribution < 1.29 is 14.3 Å². The number of ether oxygens (including phenoxy) is 1. The molecule has 150 valence electrons. The summed E-state index contributed by atoms with van der Waals surface area (Å²) in [6, 6.07) is 23.9. The van der Waals surface area contributed by atoms with Crippen molar-refractivity contribution >= 4 is 45.0 Å². The minimum absolute atomic E-state index is 0.313. The van der Waals surface area contributed by atoms with E-state index in [0.717, 1.165) is 27.1 Å². The zero-order chi connectivity index (χ0) is 21.1. The van der Waals surface area contributed by atoms with Crippen molar-refractivity contribution in [3.05, 3.63) is 95.0 Å². The first-order valence-corrected chi connectivity index (χ1v) is 9.98. The molecule has 0 unspecified atom stereocenters. The first-order chi connectivity index (χ1) is 14.6. The number of esters is 1. The van der Waals surface area contributed by atoms with Crippen LogP contribution in [0.1, 0.15) is 15.9 Å². The Morgan fingerprint density at radius 1 is 0.900 bits per heavy atom. The van der Waals surface area contributed by atoms with E-state index in [1.807, 2.05) is 48.5 Å². The van der Waals surface area contributed by atoms with Gasteiger partial charge in [0.25, 0.3) is 5.91 Å². The quantitative estimate of drug-likeness (QED) is 0.360. The first kappa shape index (κ1) is 19.9. The molecule has 0 saturated carbocycles. The third kappa shape index (κ3) is 4.00. The number of benzene rings is 4. The SMILES string of the molecule is COC(=O)[C@@H](Cc1c2ccccc2cc2ccccc12)NC(=O)c1ccc(Cl)cc1. The Balaban J connectivity index is 1.74. The van der Waals surface area contributed by atoms with Gasteiger partial charge in [-0.15, -0.1) is 0 Å². The van der Waals surface area contributed by atoms with Crippen LogP contribution in [0, 0.1) is 0 Å². The van der Waals surface area contributed by atoms with E-state index in [9.17, 15) is 9.59 Å². The van der Waals surface area contributed by atoms with Crippen LogP contribution in [0.25, 0.3) is 21.5 Å². The highest BCUT2D eigenvalue weighted by Gasteiger charge is 2.24. The second-order valence-electron chi connectivity index (χ2n) is 7.06. The number of methoxy groups -OCH3 is 1. The highest BCUT2D eigenvalue weighted by Crippen LogP contribution is 2.29. The van der Waals surface area contributed by atoms with Crippen LogP contribution >= 0.6 is 11.6 Å². The molecular formula is C25H20ClNO3. The lowest BCUT2D eigenvalue weighted by Gasteiger charge is -2.19. The van der Waals surface area contributed by atoms with Gasteiger partial charge in [-0.3, -0.25) is 4.79 Å². The fourth-order valence-electron chi connectivity index (χ4n) is 3.71. The number of carbonyl (C=O) groups excluding carboxylic acids is 2. The van der Waals surface area contributed by atoms with Crippen LogP contribution < -0.4 is 5.32 Å². The predicted molar refractivity (Wildman–Crippen MR) is 120 cm³/mol. The van der Waals surface area contributed by atoms with Crippen LogP contribution in [0.2, 0.25) is 5.02 Å². The zero-order valence-electron chi connectivity index (χ0n) is 16.4. The van der Waals surface area contributed by atoms with Crippen molar-refractivity contribution in [2.24, 2.45) is 0 Å². The molecule has 0 spiro atoms. The molecule has 1 amide bonds. The summed E-state index contributed by atoms with van der Waals surface area (Å²) in [6.45, 7) is 0. The molecule has 4 nitrogen and oxygen atoms in total. The lowest BCUT2D eigenvalue weighted by Crippen LogP contribution is -2.43. The van der Waals surface area contributed by atoms with Gasteiger partial charge in [0, 0.05) is 17.0 Å². The molecule has 1 atom stereocenters. The molecule has 0 saturated heterocycles. The maximum Gasteiger partial charge on any atom is 0.328 e. The summed E-state index contributed by atoms with van der Waals surface area (Å²) in [7, 11) is 1.32. The van der Waals surface area contributed by atoms with Crippen LogP contribution in [0.3, 0.4) is 0 Å². The summed E-state index contributed by atoms with van der Waals surface area (Å²) in [4.78, 5) is 25.3. The highest BCUT2D eigenvalue weighted by atomic mass is 35.5. The number of nitrogens with one attached hydrogen (secondary N) is 1. The Morgan fingerprint density at radius 3 is 2.03 bits per heavy atom. The fourth-order valence-corrected chi connectivity index (χ4v) is 3.84. The van der Waals surface area contributed by atoms with Crippen LogP contribution in [-0.4, -0.2) is 25.0 Å². The average molecular weight is 418 g/mol. The number of rotatable bonds is 5. The largest absolute Gasteiger partial charge is 0.467 e. The second-order valence-corrected chi connectivity index (χ2v) is 7.49. The van der Waals surface area contributed by atoms with Gasteiger partial charge in [-0.05, 0) is 57.4 Å². The van der Waals surface area contributed by atoms with E-state index < -0.39 is 12.0 Å². The van der Waals surface area contributed by atoms with E-state index >= 15 is 0 Å². The molecule has 0 heterocycles. The number of amides is 1. The van der Waals surface area contributed by atoms with Crippen LogP contribution in [0.4, 0.5) is 0 Å². The Labute approximate surface area is 179 Å². The molecule has 0 aromatic heterocycles. The zero-order valence-corrected chi connectivity index (χ0v) is 17.1. The summed E-state index contributed by atoms with van der Waals surface area (Å²) >= 11 is 5.91. The first-order valence-electron chi connectivity index (χ1n) is 9.60. The summed E-state index contributed by atoms with van der Waals surface area (Å²) in [5, 5.41) is 7.62. The lowest BCUT2D eigenvalue weighted by molar-refractivity contribution is -0.142. The van der Waals surface area contributed by atoms with Crippen molar-refractivity contribution in [3.63, 3.8) is 0 Å². The molecule has 0 aliphatic heterocycles. The smallest absolute Gasteiger partial charge is 0.328 e. The molecule has 0 bridgehead atoms. The topological polar surface area (TPSA) is 55.4 Å². The summed E-state index contributed by atoms with van der Waals surface area (Å²) in [6.07, 6.45) is 0.313. The van der Waals surface area contributed by atoms with Gasteiger partial charge in [-0.25, -0.2) is 4.79 Å². The summed E-state index contributed by atoms with van der Waals surface area (Å²) in [5.41, 5.74) is 1.42. The van der Waals surface area contributed by atoms with Gasteiger partial charge in [0.05, 0.1) is 7.11 Å². The third-order valence-electron chi connectivity index (χ3n) is 5.19. The van der Waals surface area contributed by atoms with Crippen LogP contribution in [0.15, 0.2) is 78.9 Å². The molecule has 4 aromatic rings. The number of fused-ring (bicyclic) bond motifs is 2. The molecular weight excluding hydrogens is 398 g/mol. The number of halogens is 1. The van der Waals surface area contributed by atoms with Crippen molar-refractivity contribution in [2.45, 2.75) is 12.5 Å². The monoisotopic (exact) mass is 417 g/mol. The van der Waals surface area contributed by atoms with Gasteiger partial charge in [-0.2, -0.15) is 0 Å². The van der Waals surface area contributed by atoms with E-state index in [-0.39, 0.29) is 5.91 Å². The normalized spacial score (nSPS) is 11.9. The highest BCUT2D eigenvalue weighted by molar-refractivity contribution is 6.30. The van der Waals surface area contributed by atoms with Gasteiger partial charge in [0.2, 0.25) is 0 Å². The maximum atomic E-state index is 12.7. The molecule has 0 aliphatic carbocycles. The Kier molecular flexibility index (Phi) is 5.68. The second kappa shape index (κ2) is 8.56. The Bertz CT molecular complexity index is 1180. The van der Waals surface area contributed by atoms with E-state index in [1.54, 1.807) is 24.3 Å². The molecule has 4 aromatic carbocycles. The standard InChI is InChI=1S/C25H20ClNO3/c1-30-25(29)23(27-24(28)16-10-12-19(26)13-11-16)15-22-20-8-4-2-6-17(20)14-18-7-3-5-9-21(18)22/h2-14,23H,15H2,1H3,(H,27,28)/t23-/m1/s1. The number of hydrogen-bond donors (Lipinski definition) is 1. The van der Waals surface area contributed by atoms with Crippen LogP contribution in [0.5, 0.6) is 0 Å². The number of hydrogen-bond acceptors (Lipinski definition) is 3. The fraction of sp³-hybridized carbons (Fsp3) is 0.120. The summed E-state index contributed by atoms with van der Waals surface area (Å²) < 4.78 is 4.99. The van der Waals surface area contributed by atoms with Crippen LogP contribution in [-0.2, 0) is 16.0 Å². The van der Waals surface area contributed by atoms with Crippen molar-refractivity contribution in [1.82, 2.24) is 5.32 Å². The van der Waals surface area contributed by atoms with Crippen molar-refractivity contribution in [3.8, 4) is 0 Å². The lowest BCUT2D eigenvalue weighted by atomic mass is 9.92. The van der Waals surface area contributed by atoms with Gasteiger partial charge in [-0.1, -0.05) is 60.1 Å². The predicted octanol–water partition coefficient (Wildman–Crippen LogP) is 5.16. The number of carbonyl (C=O) groups is 2. The third-order valence-corrected chi connectivity index (χ3v) is 5.44. The summed E-state index contributed by atoms with van der Waals surface area (Å²) in [5.74, 6) is -0.846. The maximum absolute atomic E-state index is 12.7. The van der Waals surface area contributed by atoms with Gasteiger partial charge < -0.3 is 10.1 Å². The molecule has 5 heteroatoms. The molecule has 0 fully saturated rings. The van der Waals surface area contributed by atoms with E-state index in [0.29, 0.717) is 17.0 Å². The van der Waals surface area contributed by atoms with E-state index in [1.165, 1.54) is 7.11 Å². The Hall–Kier alpha value is -3.37. The van der Waals surface area contributed by atoms with Gasteiger partial charge >= 0.3 is 5.97 Å². The van der Waals surface area contributed by atoms with Crippen molar-refractivity contribution in [1.29, 1.82) is 0 Å². The Morgan fingerprint density at radius 2 is 1.47 bits per heavy atom. The molecule has 30 heavy (non-hydrogen) atoms. The molecule has 1 N–H and O–H groups in total. The molecule has 0 aliphatic rings. The molecule has 4 rings (SSSR count).